The summed E-state index contributed by atoms with van der Waals surface area (Å²) < 4.78 is 10.7. The van der Waals surface area contributed by atoms with E-state index >= 15 is 0 Å². The number of halogens is 1. The van der Waals surface area contributed by atoms with Crippen LogP contribution in [-0.2, 0) is 11.3 Å². The van der Waals surface area contributed by atoms with Crippen LogP contribution in [0.25, 0.3) is 17.2 Å². The van der Waals surface area contributed by atoms with Crippen molar-refractivity contribution in [2.45, 2.75) is 13.5 Å². The second kappa shape index (κ2) is 8.37. The number of benzene rings is 3. The van der Waals surface area contributed by atoms with Crippen molar-refractivity contribution in [3.63, 3.8) is 0 Å². The molecule has 0 saturated carbocycles. The van der Waals surface area contributed by atoms with Crippen molar-refractivity contribution in [1.29, 1.82) is 0 Å². The fourth-order valence-electron chi connectivity index (χ4n) is 3.56. The standard InChI is InChI=1S/C25H18ClNO4S/c1-15-2-6-17(7-3-15)18-8-4-16(5-9-18)10-23-24(28)27(25(29)32-23)13-19-11-21-22(12-20(19)26)31-14-30-21/h2-12H,13-14H2,1H3/b23-10-. The number of rotatable bonds is 4. The Morgan fingerprint density at radius 3 is 2.28 bits per heavy atom. The second-order valence-corrected chi connectivity index (χ2v) is 8.95. The Kier molecular flexibility index (Phi) is 5.41. The molecule has 32 heavy (non-hydrogen) atoms. The van der Waals surface area contributed by atoms with Crippen molar-refractivity contribution in [2.24, 2.45) is 0 Å². The van der Waals surface area contributed by atoms with E-state index in [0.29, 0.717) is 27.0 Å². The first-order chi connectivity index (χ1) is 15.5. The smallest absolute Gasteiger partial charge is 0.293 e. The second-order valence-electron chi connectivity index (χ2n) is 7.55. The zero-order valence-electron chi connectivity index (χ0n) is 17.1. The number of hydrogen-bond donors (Lipinski definition) is 0. The Morgan fingerprint density at radius 2 is 1.59 bits per heavy atom. The third kappa shape index (κ3) is 3.99. The van der Waals surface area contributed by atoms with Crippen molar-refractivity contribution in [3.8, 4) is 22.6 Å². The average molecular weight is 464 g/mol. The number of amides is 2. The maximum Gasteiger partial charge on any atom is 0.293 e. The van der Waals surface area contributed by atoms with E-state index in [0.717, 1.165) is 28.5 Å². The summed E-state index contributed by atoms with van der Waals surface area (Å²) in [6, 6.07) is 19.6. The summed E-state index contributed by atoms with van der Waals surface area (Å²) in [6.07, 6.45) is 1.74. The molecule has 0 aliphatic carbocycles. The molecule has 2 aliphatic rings. The average Bonchev–Trinajstić information content (AvgIpc) is 3.34. The monoisotopic (exact) mass is 463 g/mol. The van der Waals surface area contributed by atoms with Gasteiger partial charge in [-0.3, -0.25) is 14.5 Å². The first kappa shape index (κ1) is 20.7. The molecule has 5 nitrogen and oxygen atoms in total. The molecule has 1 fully saturated rings. The molecular weight excluding hydrogens is 446 g/mol. The highest BCUT2D eigenvalue weighted by molar-refractivity contribution is 8.18. The van der Waals surface area contributed by atoms with Crippen LogP contribution in [0, 0.1) is 6.92 Å². The topological polar surface area (TPSA) is 55.8 Å². The quantitative estimate of drug-likeness (QED) is 0.426. The minimum absolute atomic E-state index is 0.0733. The fraction of sp³-hybridized carbons (Fsp3) is 0.120. The fourth-order valence-corrected chi connectivity index (χ4v) is 4.61. The van der Waals surface area contributed by atoms with Crippen molar-refractivity contribution >= 4 is 40.6 Å². The molecular formula is C25H18ClNO4S. The molecule has 0 atom stereocenters. The highest BCUT2D eigenvalue weighted by Crippen LogP contribution is 2.39. The van der Waals surface area contributed by atoms with Crippen molar-refractivity contribution in [2.75, 3.05) is 6.79 Å². The summed E-state index contributed by atoms with van der Waals surface area (Å²) in [4.78, 5) is 27.0. The molecule has 0 bridgehead atoms. The number of aryl methyl sites for hydroxylation is 1. The van der Waals surface area contributed by atoms with E-state index in [-0.39, 0.29) is 24.5 Å². The van der Waals surface area contributed by atoms with Gasteiger partial charge >= 0.3 is 0 Å². The predicted octanol–water partition coefficient (Wildman–Crippen LogP) is 6.28. The molecule has 5 rings (SSSR count). The van der Waals surface area contributed by atoms with Gasteiger partial charge in [-0.2, -0.15) is 0 Å². The predicted molar refractivity (Wildman–Crippen MR) is 126 cm³/mol. The molecule has 0 unspecified atom stereocenters. The lowest BCUT2D eigenvalue weighted by atomic mass is 10.0. The number of carbonyl (C=O) groups is 2. The summed E-state index contributed by atoms with van der Waals surface area (Å²) in [5.74, 6) is 0.777. The molecule has 0 aromatic heterocycles. The Balaban J connectivity index is 1.34. The normalized spacial score (nSPS) is 16.3. The first-order valence-corrected chi connectivity index (χ1v) is 11.2. The minimum Gasteiger partial charge on any atom is -0.454 e. The minimum atomic E-state index is -0.337. The zero-order valence-corrected chi connectivity index (χ0v) is 18.7. The van der Waals surface area contributed by atoms with Gasteiger partial charge in [0.15, 0.2) is 11.5 Å². The van der Waals surface area contributed by atoms with Gasteiger partial charge in [-0.25, -0.2) is 0 Å². The van der Waals surface area contributed by atoms with Gasteiger partial charge in [0.05, 0.1) is 11.4 Å². The molecule has 2 amide bonds. The lowest BCUT2D eigenvalue weighted by molar-refractivity contribution is -0.123. The molecule has 0 radical (unpaired) electrons. The highest BCUT2D eigenvalue weighted by Gasteiger charge is 2.35. The van der Waals surface area contributed by atoms with Gasteiger partial charge in [0.25, 0.3) is 11.1 Å². The van der Waals surface area contributed by atoms with Crippen molar-refractivity contribution < 1.29 is 19.1 Å². The van der Waals surface area contributed by atoms with Crippen LogP contribution in [0.5, 0.6) is 11.5 Å². The lowest BCUT2D eigenvalue weighted by Crippen LogP contribution is -2.27. The summed E-state index contributed by atoms with van der Waals surface area (Å²) in [7, 11) is 0. The van der Waals surface area contributed by atoms with Gasteiger partial charge in [-0.05, 0) is 53.1 Å². The van der Waals surface area contributed by atoms with E-state index < -0.39 is 0 Å². The molecule has 3 aromatic rings. The third-order valence-electron chi connectivity index (χ3n) is 5.34. The summed E-state index contributed by atoms with van der Waals surface area (Å²) in [5, 5.41) is 0.0928. The van der Waals surface area contributed by atoms with Gasteiger partial charge in [0.2, 0.25) is 6.79 Å². The van der Waals surface area contributed by atoms with Gasteiger partial charge in [-0.15, -0.1) is 0 Å². The van der Waals surface area contributed by atoms with Gasteiger partial charge in [0, 0.05) is 11.1 Å². The molecule has 3 aromatic carbocycles. The van der Waals surface area contributed by atoms with Gasteiger partial charge in [0.1, 0.15) is 0 Å². The Bertz CT molecular complexity index is 1250. The number of imide groups is 1. The van der Waals surface area contributed by atoms with Crippen LogP contribution in [0.4, 0.5) is 4.79 Å². The van der Waals surface area contributed by atoms with E-state index in [2.05, 4.69) is 31.2 Å². The highest BCUT2D eigenvalue weighted by atomic mass is 35.5. The summed E-state index contributed by atoms with van der Waals surface area (Å²) in [6.45, 7) is 2.26. The SMILES string of the molecule is Cc1ccc(-c2ccc(/C=C3\SC(=O)N(Cc4cc5c(cc4Cl)OCO5)C3=O)cc2)cc1. The van der Waals surface area contributed by atoms with E-state index in [4.69, 9.17) is 21.1 Å². The number of hydrogen-bond acceptors (Lipinski definition) is 5. The van der Waals surface area contributed by atoms with Crippen LogP contribution in [0.2, 0.25) is 5.02 Å². The van der Waals surface area contributed by atoms with Crippen molar-refractivity contribution in [1.82, 2.24) is 4.90 Å². The summed E-state index contributed by atoms with van der Waals surface area (Å²) >= 11 is 7.24. The number of thioether (sulfide) groups is 1. The van der Waals surface area contributed by atoms with Crippen LogP contribution in [-0.4, -0.2) is 22.8 Å². The van der Waals surface area contributed by atoms with Crippen LogP contribution in [0.15, 0.2) is 65.6 Å². The van der Waals surface area contributed by atoms with E-state index in [9.17, 15) is 9.59 Å². The van der Waals surface area contributed by atoms with Crippen LogP contribution in [0.3, 0.4) is 0 Å². The van der Waals surface area contributed by atoms with Crippen molar-refractivity contribution in [3.05, 3.63) is 87.3 Å². The number of fused-ring (bicyclic) bond motifs is 1. The number of nitrogens with zero attached hydrogens (tertiary/aromatic N) is 1. The van der Waals surface area contributed by atoms with Gasteiger partial charge in [-0.1, -0.05) is 65.7 Å². The molecule has 2 aliphatic heterocycles. The Labute approximate surface area is 194 Å². The number of carbonyl (C=O) groups excluding carboxylic acids is 2. The molecule has 1 saturated heterocycles. The largest absolute Gasteiger partial charge is 0.454 e. The number of ether oxygens (including phenoxy) is 2. The molecule has 7 heteroatoms. The van der Waals surface area contributed by atoms with E-state index in [1.54, 1.807) is 18.2 Å². The Morgan fingerprint density at radius 1 is 0.969 bits per heavy atom. The van der Waals surface area contributed by atoms with E-state index in [1.165, 1.54) is 10.5 Å². The maximum atomic E-state index is 12.9. The van der Waals surface area contributed by atoms with Crippen LogP contribution >= 0.6 is 23.4 Å². The molecule has 160 valence electrons. The van der Waals surface area contributed by atoms with Gasteiger partial charge < -0.3 is 9.47 Å². The maximum absolute atomic E-state index is 12.9. The lowest BCUT2D eigenvalue weighted by Gasteiger charge is -2.14. The van der Waals surface area contributed by atoms with Crippen LogP contribution < -0.4 is 9.47 Å². The molecule has 0 N–H and O–H groups in total. The van der Waals surface area contributed by atoms with E-state index in [1.807, 2.05) is 24.3 Å². The zero-order chi connectivity index (χ0) is 22.2. The van der Waals surface area contributed by atoms with Crippen LogP contribution in [0.1, 0.15) is 16.7 Å². The first-order valence-electron chi connectivity index (χ1n) is 9.98. The third-order valence-corrected chi connectivity index (χ3v) is 6.60. The Hall–Kier alpha value is -3.22. The molecule has 2 heterocycles. The summed E-state index contributed by atoms with van der Waals surface area (Å²) in [5.41, 5.74) is 4.91. The molecule has 0 spiro atoms.